The number of oxime groups is 2. The van der Waals surface area contributed by atoms with Gasteiger partial charge in [0.1, 0.15) is 21.2 Å². The summed E-state index contributed by atoms with van der Waals surface area (Å²) in [6.45, 7) is 0. The molecule has 0 fully saturated rings. The lowest BCUT2D eigenvalue weighted by Gasteiger charge is -2.05. The SMILES string of the molecule is O=S(=O)(ON=C1C=CC(=NOS(=O)(=O)c2ccc(Br)cc2)C=C1)c1ccc(Br)cc1. The molecule has 0 heterocycles. The lowest BCUT2D eigenvalue weighted by atomic mass is 10.1. The van der Waals surface area contributed by atoms with Gasteiger partial charge in [0.25, 0.3) is 0 Å². The lowest BCUT2D eigenvalue weighted by Crippen LogP contribution is -2.07. The molecule has 12 heteroatoms. The van der Waals surface area contributed by atoms with Crippen molar-refractivity contribution in [2.24, 2.45) is 10.3 Å². The van der Waals surface area contributed by atoms with Crippen LogP contribution in [0, 0.1) is 0 Å². The maximum atomic E-state index is 12.1. The fourth-order valence-electron chi connectivity index (χ4n) is 2.05. The van der Waals surface area contributed by atoms with Gasteiger partial charge in [0.15, 0.2) is 0 Å². The highest BCUT2D eigenvalue weighted by Gasteiger charge is 2.17. The van der Waals surface area contributed by atoms with Crippen LogP contribution in [0.15, 0.2) is 102 Å². The van der Waals surface area contributed by atoms with E-state index in [0.717, 1.165) is 8.95 Å². The minimum atomic E-state index is -4.07. The summed E-state index contributed by atoms with van der Waals surface area (Å²) in [7, 11) is -8.13. The van der Waals surface area contributed by atoms with E-state index in [1.807, 2.05) is 0 Å². The molecule has 8 nitrogen and oxygen atoms in total. The molecule has 0 unspecified atom stereocenters. The van der Waals surface area contributed by atoms with Gasteiger partial charge in [0.2, 0.25) is 0 Å². The second-order valence-corrected chi connectivity index (χ2v) is 10.6. The summed E-state index contributed by atoms with van der Waals surface area (Å²) in [6, 6.07) is 11.8. The Morgan fingerprint density at radius 3 is 1.17 bits per heavy atom. The predicted octanol–water partition coefficient (Wildman–Crippen LogP) is 4.16. The van der Waals surface area contributed by atoms with E-state index in [1.54, 1.807) is 24.3 Å². The van der Waals surface area contributed by atoms with Crippen LogP contribution in [-0.2, 0) is 28.8 Å². The summed E-state index contributed by atoms with van der Waals surface area (Å²) in [5, 5.41) is 7.16. The average Bonchev–Trinajstić information content (AvgIpc) is 2.72. The quantitative estimate of drug-likeness (QED) is 0.378. The van der Waals surface area contributed by atoms with E-state index in [1.165, 1.54) is 48.6 Å². The molecule has 0 amide bonds. The van der Waals surface area contributed by atoms with Crippen molar-refractivity contribution >= 4 is 63.5 Å². The molecular weight excluding hydrogens is 564 g/mol. The van der Waals surface area contributed by atoms with Crippen LogP contribution in [0.5, 0.6) is 0 Å². The van der Waals surface area contributed by atoms with E-state index in [-0.39, 0.29) is 21.2 Å². The topological polar surface area (TPSA) is 111 Å². The Hall–Kier alpha value is -2.28. The van der Waals surface area contributed by atoms with Crippen LogP contribution in [0.1, 0.15) is 0 Å². The summed E-state index contributed by atoms with van der Waals surface area (Å²) in [5.74, 6) is 0. The predicted molar refractivity (Wildman–Crippen MR) is 118 cm³/mol. The Morgan fingerprint density at radius 2 is 0.867 bits per heavy atom. The normalized spacial score (nSPS) is 13.8. The summed E-state index contributed by atoms with van der Waals surface area (Å²) in [5.41, 5.74) is 0.371. The molecule has 30 heavy (non-hydrogen) atoms. The van der Waals surface area contributed by atoms with Gasteiger partial charge in [-0.2, -0.15) is 16.8 Å². The smallest absolute Gasteiger partial charge is 0.264 e. The first-order chi connectivity index (χ1) is 14.2. The molecule has 2 aromatic rings. The molecule has 0 aliphatic heterocycles. The largest absolute Gasteiger partial charge is 0.358 e. The maximum absolute atomic E-state index is 12.1. The van der Waals surface area contributed by atoms with Crippen LogP contribution in [0.4, 0.5) is 0 Å². The zero-order valence-electron chi connectivity index (χ0n) is 14.8. The van der Waals surface area contributed by atoms with E-state index in [0.29, 0.717) is 0 Å². The second-order valence-electron chi connectivity index (χ2n) is 5.66. The molecule has 0 atom stereocenters. The van der Waals surface area contributed by atoms with Gasteiger partial charge in [-0.05, 0) is 72.8 Å². The Kier molecular flexibility index (Phi) is 6.91. The van der Waals surface area contributed by atoms with Crippen molar-refractivity contribution in [3.05, 3.63) is 81.8 Å². The number of halogens is 2. The molecule has 156 valence electrons. The highest BCUT2D eigenvalue weighted by molar-refractivity contribution is 9.10. The van der Waals surface area contributed by atoms with Gasteiger partial charge in [-0.25, -0.2) is 0 Å². The van der Waals surface area contributed by atoms with Gasteiger partial charge in [0, 0.05) is 8.95 Å². The van der Waals surface area contributed by atoms with Crippen LogP contribution in [0.2, 0.25) is 0 Å². The van der Waals surface area contributed by atoms with Gasteiger partial charge < -0.3 is 0 Å². The van der Waals surface area contributed by atoms with Crippen molar-refractivity contribution in [2.45, 2.75) is 9.79 Å². The molecule has 2 aromatic carbocycles. The lowest BCUT2D eigenvalue weighted by molar-refractivity contribution is 0.338. The third kappa shape index (κ3) is 5.88. The highest BCUT2D eigenvalue weighted by atomic mass is 79.9. The molecule has 0 spiro atoms. The van der Waals surface area contributed by atoms with Gasteiger partial charge >= 0.3 is 20.2 Å². The van der Waals surface area contributed by atoms with Crippen LogP contribution in [0.25, 0.3) is 0 Å². The zero-order chi connectivity index (χ0) is 21.8. The van der Waals surface area contributed by atoms with Crippen LogP contribution < -0.4 is 0 Å². The van der Waals surface area contributed by atoms with Crippen molar-refractivity contribution in [1.29, 1.82) is 0 Å². The molecule has 0 saturated carbocycles. The first-order valence-electron chi connectivity index (χ1n) is 8.06. The Labute approximate surface area is 190 Å². The standard InChI is InChI=1S/C18H12Br2N2O6S2/c19-13-1-9-17(10-2-13)29(23,24)27-21-15-5-7-16(8-6-15)22-28-30(25,26)18-11-3-14(20)4-12-18/h1-12H. The van der Waals surface area contributed by atoms with E-state index in [9.17, 15) is 16.8 Å². The maximum Gasteiger partial charge on any atom is 0.358 e. The van der Waals surface area contributed by atoms with Gasteiger partial charge in [-0.15, -0.1) is 0 Å². The van der Waals surface area contributed by atoms with Crippen molar-refractivity contribution in [1.82, 2.24) is 0 Å². The fourth-order valence-corrected chi connectivity index (χ4v) is 4.06. The number of benzene rings is 2. The van der Waals surface area contributed by atoms with Crippen molar-refractivity contribution in [3.8, 4) is 0 Å². The first-order valence-corrected chi connectivity index (χ1v) is 12.5. The molecule has 1 aliphatic carbocycles. The third-order valence-corrected chi connectivity index (χ3v) is 6.83. The van der Waals surface area contributed by atoms with E-state index >= 15 is 0 Å². The van der Waals surface area contributed by atoms with Crippen molar-refractivity contribution < 1.29 is 25.4 Å². The number of allylic oxidation sites excluding steroid dienone is 4. The van der Waals surface area contributed by atoms with E-state index in [4.69, 9.17) is 0 Å². The molecule has 0 aromatic heterocycles. The van der Waals surface area contributed by atoms with Crippen molar-refractivity contribution in [2.75, 3.05) is 0 Å². The van der Waals surface area contributed by atoms with Gasteiger partial charge in [-0.1, -0.05) is 42.2 Å². The summed E-state index contributed by atoms with van der Waals surface area (Å²) >= 11 is 6.44. The zero-order valence-corrected chi connectivity index (χ0v) is 19.6. The first kappa shape index (κ1) is 22.4. The van der Waals surface area contributed by atoms with E-state index < -0.39 is 20.2 Å². The minimum Gasteiger partial charge on any atom is -0.264 e. The van der Waals surface area contributed by atoms with Crippen LogP contribution >= 0.6 is 31.9 Å². The van der Waals surface area contributed by atoms with Crippen LogP contribution in [-0.4, -0.2) is 28.3 Å². The number of hydrogen-bond acceptors (Lipinski definition) is 8. The Balaban J connectivity index is 1.65. The molecule has 0 bridgehead atoms. The summed E-state index contributed by atoms with van der Waals surface area (Å²) < 4.78 is 59.3. The summed E-state index contributed by atoms with van der Waals surface area (Å²) in [4.78, 5) is -0.0970. The minimum absolute atomic E-state index is 0.0485. The monoisotopic (exact) mass is 574 g/mol. The highest BCUT2D eigenvalue weighted by Crippen LogP contribution is 2.18. The molecule has 0 N–H and O–H groups in total. The van der Waals surface area contributed by atoms with Crippen molar-refractivity contribution in [3.63, 3.8) is 0 Å². The fraction of sp³-hybridized carbons (Fsp3) is 0. The van der Waals surface area contributed by atoms with Gasteiger partial charge in [0.05, 0.1) is 0 Å². The molecule has 1 aliphatic rings. The van der Waals surface area contributed by atoms with E-state index in [2.05, 4.69) is 50.7 Å². The number of hydrogen-bond donors (Lipinski definition) is 0. The van der Waals surface area contributed by atoms with Gasteiger partial charge in [-0.3, -0.25) is 8.57 Å². The average molecular weight is 576 g/mol. The molecule has 0 radical (unpaired) electrons. The Bertz CT molecular complexity index is 1150. The molecule has 3 rings (SSSR count). The second kappa shape index (κ2) is 9.25. The number of nitrogens with zero attached hydrogens (tertiary/aromatic N) is 2. The summed E-state index contributed by atoms with van der Waals surface area (Å²) in [6.07, 6.45) is 5.58. The Morgan fingerprint density at radius 1 is 0.567 bits per heavy atom. The number of rotatable bonds is 6. The third-order valence-electron chi connectivity index (χ3n) is 3.54. The van der Waals surface area contributed by atoms with Crippen LogP contribution in [0.3, 0.4) is 0 Å². The molecular formula is C18H12Br2N2O6S2. The molecule has 0 saturated heterocycles.